The van der Waals surface area contributed by atoms with Crippen LogP contribution in [0.25, 0.3) is 0 Å². The highest BCUT2D eigenvalue weighted by molar-refractivity contribution is 6.15. The van der Waals surface area contributed by atoms with Crippen molar-refractivity contribution in [2.24, 2.45) is 4.99 Å². The van der Waals surface area contributed by atoms with Gasteiger partial charge < -0.3 is 14.7 Å². The number of hydrogen-bond donors (Lipinski definition) is 1. The molecule has 5 rings (SSSR count). The first-order chi connectivity index (χ1) is 11.1. The van der Waals surface area contributed by atoms with Crippen LogP contribution >= 0.6 is 0 Å². The third-order valence-corrected chi connectivity index (χ3v) is 5.88. The van der Waals surface area contributed by atoms with E-state index in [1.165, 1.54) is 0 Å². The van der Waals surface area contributed by atoms with Crippen LogP contribution < -0.4 is 4.90 Å². The van der Waals surface area contributed by atoms with Crippen LogP contribution in [0.2, 0.25) is 0 Å². The molecule has 23 heavy (non-hydrogen) atoms. The normalized spacial score (nSPS) is 36.9. The first kappa shape index (κ1) is 13.3. The highest BCUT2D eigenvalue weighted by atomic mass is 16.5. The zero-order chi connectivity index (χ0) is 15.8. The Morgan fingerprint density at radius 3 is 3.00 bits per heavy atom. The van der Waals surface area contributed by atoms with E-state index in [9.17, 15) is 9.90 Å². The van der Waals surface area contributed by atoms with Crippen LogP contribution in [0, 0.1) is 0 Å². The minimum absolute atomic E-state index is 0.0875. The highest BCUT2D eigenvalue weighted by Crippen LogP contribution is 2.59. The summed E-state index contributed by atoms with van der Waals surface area (Å²) >= 11 is 0. The lowest BCUT2D eigenvalue weighted by molar-refractivity contribution is -0.125. The van der Waals surface area contributed by atoms with Gasteiger partial charge in [0.05, 0.1) is 24.3 Å². The molecule has 0 saturated carbocycles. The summed E-state index contributed by atoms with van der Waals surface area (Å²) in [5.41, 5.74) is 1.39. The van der Waals surface area contributed by atoms with Gasteiger partial charge in [0.1, 0.15) is 11.4 Å². The monoisotopic (exact) mass is 310 g/mol. The molecule has 1 N–H and O–H groups in total. The first-order valence-electron chi connectivity index (χ1n) is 8.08. The molecular weight excluding hydrogens is 292 g/mol. The van der Waals surface area contributed by atoms with Gasteiger partial charge >= 0.3 is 0 Å². The van der Waals surface area contributed by atoms with Crippen molar-refractivity contribution in [1.82, 2.24) is 0 Å². The molecular formula is C18H18N2O3. The maximum Gasteiger partial charge on any atom is 0.227 e. The van der Waals surface area contributed by atoms with E-state index in [0.717, 1.165) is 23.4 Å². The molecule has 1 aromatic rings. The van der Waals surface area contributed by atoms with Gasteiger partial charge in [-0.25, -0.2) is 0 Å². The SMILES string of the molecule is COC1=CC2(O)CCC(=O)N3c4ccccc4[C@@]4(CCN=C14)[C@@H]32. The van der Waals surface area contributed by atoms with Gasteiger partial charge in [-0.15, -0.1) is 0 Å². The minimum Gasteiger partial charge on any atom is -0.495 e. The van der Waals surface area contributed by atoms with Gasteiger partial charge in [-0.3, -0.25) is 9.79 Å². The van der Waals surface area contributed by atoms with Crippen LogP contribution in [-0.2, 0) is 14.9 Å². The topological polar surface area (TPSA) is 62.1 Å². The number of methoxy groups -OCH3 is 1. The number of benzene rings is 1. The lowest BCUT2D eigenvalue weighted by atomic mass is 9.61. The van der Waals surface area contributed by atoms with E-state index in [-0.39, 0.29) is 11.9 Å². The molecule has 118 valence electrons. The van der Waals surface area contributed by atoms with Crippen molar-refractivity contribution in [3.05, 3.63) is 41.7 Å². The predicted octanol–water partition coefficient (Wildman–Crippen LogP) is 1.55. The lowest BCUT2D eigenvalue weighted by Gasteiger charge is -2.51. The highest BCUT2D eigenvalue weighted by Gasteiger charge is 2.67. The minimum atomic E-state index is -1.07. The van der Waals surface area contributed by atoms with Crippen LogP contribution in [-0.4, -0.2) is 42.0 Å². The van der Waals surface area contributed by atoms with Crippen molar-refractivity contribution in [3.8, 4) is 0 Å². The number of carbonyl (C=O) groups is 1. The van der Waals surface area contributed by atoms with Crippen LogP contribution in [0.15, 0.2) is 41.1 Å². The third-order valence-electron chi connectivity index (χ3n) is 5.88. The zero-order valence-electron chi connectivity index (χ0n) is 13.0. The Balaban J connectivity index is 1.87. The summed E-state index contributed by atoms with van der Waals surface area (Å²) in [7, 11) is 1.62. The number of aliphatic imine (C=N–C) groups is 1. The van der Waals surface area contributed by atoms with Crippen molar-refractivity contribution < 1.29 is 14.6 Å². The van der Waals surface area contributed by atoms with Crippen molar-refractivity contribution in [2.45, 2.75) is 36.3 Å². The molecule has 4 aliphatic rings. The van der Waals surface area contributed by atoms with Crippen LogP contribution in [0.3, 0.4) is 0 Å². The summed E-state index contributed by atoms with van der Waals surface area (Å²) in [6.45, 7) is 0.693. The smallest absolute Gasteiger partial charge is 0.227 e. The molecule has 1 unspecified atom stereocenters. The van der Waals surface area contributed by atoms with E-state index in [2.05, 4.69) is 6.07 Å². The van der Waals surface area contributed by atoms with E-state index in [4.69, 9.17) is 9.73 Å². The Morgan fingerprint density at radius 2 is 2.17 bits per heavy atom. The van der Waals surface area contributed by atoms with E-state index >= 15 is 0 Å². The van der Waals surface area contributed by atoms with Crippen molar-refractivity contribution >= 4 is 17.3 Å². The van der Waals surface area contributed by atoms with E-state index in [0.29, 0.717) is 25.1 Å². The number of amides is 1. The summed E-state index contributed by atoms with van der Waals surface area (Å²) in [4.78, 5) is 19.2. The van der Waals surface area contributed by atoms with Gasteiger partial charge in [-0.2, -0.15) is 0 Å². The molecule has 3 aliphatic heterocycles. The van der Waals surface area contributed by atoms with Crippen LogP contribution in [0.5, 0.6) is 0 Å². The molecule has 1 amide bonds. The van der Waals surface area contributed by atoms with Crippen molar-refractivity contribution in [1.29, 1.82) is 0 Å². The number of para-hydroxylation sites is 1. The van der Waals surface area contributed by atoms with Crippen LogP contribution in [0.1, 0.15) is 24.8 Å². The van der Waals surface area contributed by atoms with Gasteiger partial charge in [0.15, 0.2) is 0 Å². The third kappa shape index (κ3) is 1.34. The van der Waals surface area contributed by atoms with Crippen LogP contribution in [0.4, 0.5) is 5.69 Å². The Labute approximate surface area is 134 Å². The standard InChI is InChI=1S/C18H18N2O3/c1-23-13-10-17(22)7-6-14(21)20-12-5-3-2-4-11(12)18(16(17)20)8-9-19-15(13)18/h2-5,10,16,22H,6-9H2,1H3/t16-,17?,18+/m0/s1. The fourth-order valence-corrected chi connectivity index (χ4v) is 5.09. The number of piperidine rings is 1. The molecule has 1 aromatic carbocycles. The molecule has 0 radical (unpaired) electrons. The Hall–Kier alpha value is -2.14. The zero-order valence-corrected chi connectivity index (χ0v) is 13.0. The number of ether oxygens (including phenoxy) is 1. The molecule has 1 fully saturated rings. The quantitative estimate of drug-likeness (QED) is 0.856. The number of anilines is 1. The maximum atomic E-state index is 12.7. The molecule has 3 heterocycles. The molecule has 5 heteroatoms. The number of nitrogens with zero attached hydrogens (tertiary/aromatic N) is 2. The number of hydrogen-bond acceptors (Lipinski definition) is 4. The van der Waals surface area contributed by atoms with Gasteiger partial charge in [0, 0.05) is 18.7 Å². The van der Waals surface area contributed by atoms with E-state index in [1.54, 1.807) is 13.2 Å². The van der Waals surface area contributed by atoms with Crippen molar-refractivity contribution in [2.75, 3.05) is 18.6 Å². The summed E-state index contributed by atoms with van der Waals surface area (Å²) in [5, 5.41) is 11.4. The molecule has 3 atom stereocenters. The Bertz CT molecular complexity index is 799. The molecule has 1 aliphatic carbocycles. The Morgan fingerprint density at radius 1 is 1.35 bits per heavy atom. The number of aliphatic hydroxyl groups is 1. The summed E-state index contributed by atoms with van der Waals surface area (Å²) in [5.74, 6) is 0.747. The number of carbonyl (C=O) groups excluding carboxylic acids is 1. The summed E-state index contributed by atoms with van der Waals surface area (Å²) in [6, 6.07) is 7.68. The predicted molar refractivity (Wildman–Crippen MR) is 85.6 cm³/mol. The maximum absolute atomic E-state index is 12.7. The average molecular weight is 310 g/mol. The van der Waals surface area contributed by atoms with Crippen molar-refractivity contribution in [3.63, 3.8) is 0 Å². The molecule has 1 spiro atoms. The second kappa shape index (κ2) is 4.03. The molecule has 0 bridgehead atoms. The first-order valence-corrected chi connectivity index (χ1v) is 8.08. The van der Waals surface area contributed by atoms with E-state index in [1.807, 2.05) is 23.1 Å². The molecule has 1 saturated heterocycles. The van der Waals surface area contributed by atoms with Gasteiger partial charge in [-0.05, 0) is 30.5 Å². The Kier molecular flexibility index (Phi) is 2.33. The number of rotatable bonds is 1. The second-order valence-electron chi connectivity index (χ2n) is 6.84. The lowest BCUT2D eigenvalue weighted by Crippen LogP contribution is -2.67. The summed E-state index contributed by atoms with van der Waals surface area (Å²) in [6.07, 6.45) is 3.36. The van der Waals surface area contributed by atoms with Gasteiger partial charge in [0.2, 0.25) is 5.91 Å². The largest absolute Gasteiger partial charge is 0.495 e. The van der Waals surface area contributed by atoms with Gasteiger partial charge in [-0.1, -0.05) is 18.2 Å². The second-order valence-corrected chi connectivity index (χ2v) is 6.84. The fourth-order valence-electron chi connectivity index (χ4n) is 5.09. The average Bonchev–Trinajstić information content (AvgIpc) is 3.13. The summed E-state index contributed by atoms with van der Waals surface area (Å²) < 4.78 is 5.57. The fraction of sp³-hybridized carbons (Fsp3) is 0.444. The number of fused-ring (bicyclic) bond motifs is 2. The molecule has 5 nitrogen and oxygen atoms in total. The molecule has 0 aromatic heterocycles. The number of allylic oxidation sites excluding steroid dienone is 1. The van der Waals surface area contributed by atoms with E-state index < -0.39 is 11.0 Å². The van der Waals surface area contributed by atoms with Gasteiger partial charge in [0.25, 0.3) is 0 Å².